The van der Waals surface area contributed by atoms with Gasteiger partial charge in [-0.05, 0) is 93.3 Å². The van der Waals surface area contributed by atoms with Crippen LogP contribution in [0.15, 0.2) is 0 Å². The topological polar surface area (TPSA) is 57.5 Å². The average Bonchev–Trinajstić information content (AvgIpc) is 2.77. The molecule has 25 heavy (non-hydrogen) atoms. The van der Waals surface area contributed by atoms with Gasteiger partial charge in [0.15, 0.2) is 5.78 Å². The highest BCUT2D eigenvalue weighted by Gasteiger charge is 2.68. The number of fused-ring (bicyclic) bond motifs is 5. The highest BCUT2D eigenvalue weighted by Crippen LogP contribution is 2.69. The monoisotopic (exact) mass is 348 g/mol. The van der Waals surface area contributed by atoms with Crippen LogP contribution < -0.4 is 0 Å². The highest BCUT2D eigenvalue weighted by atomic mass is 16.3. The van der Waals surface area contributed by atoms with Crippen LogP contribution in [0.3, 0.4) is 0 Å². The van der Waals surface area contributed by atoms with Gasteiger partial charge in [0.2, 0.25) is 0 Å². The molecule has 0 spiro atoms. The third-order valence-electron chi connectivity index (χ3n) is 9.76. The van der Waals surface area contributed by atoms with Gasteiger partial charge in [0.05, 0.1) is 6.10 Å². The summed E-state index contributed by atoms with van der Waals surface area (Å²) in [7, 11) is 0. The number of carbonyl (C=O) groups is 1. The lowest BCUT2D eigenvalue weighted by molar-refractivity contribution is -0.175. The largest absolute Gasteiger partial charge is 0.393 e. The van der Waals surface area contributed by atoms with Crippen LogP contribution in [0, 0.1) is 40.4 Å². The summed E-state index contributed by atoms with van der Waals surface area (Å²) in [6.07, 6.45) is 8.53. The van der Waals surface area contributed by atoms with E-state index < -0.39 is 5.60 Å². The van der Waals surface area contributed by atoms with Gasteiger partial charge in [-0.25, -0.2) is 0 Å². The van der Waals surface area contributed by atoms with Gasteiger partial charge in [-0.2, -0.15) is 0 Å². The first-order valence-corrected chi connectivity index (χ1v) is 10.6. The second-order valence-corrected chi connectivity index (χ2v) is 10.5. The fourth-order valence-corrected chi connectivity index (χ4v) is 8.33. The minimum atomic E-state index is -1.14. The first-order valence-electron chi connectivity index (χ1n) is 10.6. The van der Waals surface area contributed by atoms with E-state index >= 15 is 0 Å². The molecule has 4 aliphatic rings. The molecule has 3 heteroatoms. The van der Waals surface area contributed by atoms with Crippen LogP contribution in [0.4, 0.5) is 0 Å². The molecule has 4 saturated carbocycles. The van der Waals surface area contributed by atoms with Gasteiger partial charge in [0.1, 0.15) is 5.60 Å². The molecular weight excluding hydrogens is 312 g/mol. The van der Waals surface area contributed by atoms with Crippen LogP contribution in [0.2, 0.25) is 0 Å². The molecule has 4 aliphatic carbocycles. The second-order valence-electron chi connectivity index (χ2n) is 10.5. The predicted octanol–water partition coefficient (Wildman–Crippen LogP) is 3.96. The fourth-order valence-electron chi connectivity index (χ4n) is 8.33. The summed E-state index contributed by atoms with van der Waals surface area (Å²) < 4.78 is 0. The van der Waals surface area contributed by atoms with E-state index in [1.54, 1.807) is 6.92 Å². The first kappa shape index (κ1) is 18.0. The maximum absolute atomic E-state index is 12.4. The Labute approximate surface area is 152 Å². The second kappa shape index (κ2) is 5.55. The summed E-state index contributed by atoms with van der Waals surface area (Å²) in [5, 5.41) is 21.6. The third kappa shape index (κ3) is 2.15. The smallest absolute Gasteiger partial charge is 0.162 e. The maximum atomic E-state index is 12.4. The number of Topliss-reactive ketones (excluding diaryl/α,β-unsaturated/α-hetero) is 1. The number of carbonyl (C=O) groups excluding carboxylic acids is 1. The Morgan fingerprint density at radius 2 is 1.72 bits per heavy atom. The number of ketones is 1. The Morgan fingerprint density at radius 3 is 2.40 bits per heavy atom. The van der Waals surface area contributed by atoms with Crippen LogP contribution in [-0.2, 0) is 4.79 Å². The Hall–Kier alpha value is -0.410. The molecule has 0 aliphatic heterocycles. The van der Waals surface area contributed by atoms with Gasteiger partial charge >= 0.3 is 0 Å². The molecule has 0 amide bonds. The van der Waals surface area contributed by atoms with Crippen LogP contribution in [-0.4, -0.2) is 27.7 Å². The first-order chi connectivity index (χ1) is 11.6. The zero-order valence-corrected chi connectivity index (χ0v) is 16.4. The zero-order chi connectivity index (χ0) is 18.2. The van der Waals surface area contributed by atoms with Crippen LogP contribution in [0.1, 0.15) is 79.1 Å². The molecule has 0 aromatic carbocycles. The number of rotatable bonds is 1. The summed E-state index contributed by atoms with van der Waals surface area (Å²) in [6.45, 7) is 8.37. The maximum Gasteiger partial charge on any atom is 0.162 e. The number of aliphatic hydroxyl groups is 2. The van der Waals surface area contributed by atoms with Crippen LogP contribution >= 0.6 is 0 Å². The van der Waals surface area contributed by atoms with E-state index in [1.165, 1.54) is 12.8 Å². The molecule has 142 valence electrons. The molecule has 9 atom stereocenters. The Kier molecular flexibility index (Phi) is 3.99. The molecule has 0 radical (unpaired) electrons. The predicted molar refractivity (Wildman–Crippen MR) is 97.9 cm³/mol. The highest BCUT2D eigenvalue weighted by molar-refractivity contribution is 5.86. The fraction of sp³-hybridized carbons (Fsp3) is 0.955. The SMILES string of the molecule is CC(=O)[C@@]1(O)[C@@H](C)C[C@H]2[C@@H]3CC[C@H]4C[C@@H](O)CC[C@]4(C)[C@H]3CC[C@@]21C. The van der Waals surface area contributed by atoms with E-state index in [0.717, 1.165) is 38.5 Å². The lowest BCUT2D eigenvalue weighted by Crippen LogP contribution is -2.59. The van der Waals surface area contributed by atoms with Gasteiger partial charge in [0, 0.05) is 5.41 Å². The molecule has 2 N–H and O–H groups in total. The van der Waals surface area contributed by atoms with Crippen molar-refractivity contribution in [2.45, 2.75) is 90.8 Å². The number of hydrogen-bond acceptors (Lipinski definition) is 3. The summed E-state index contributed by atoms with van der Waals surface area (Å²) in [6, 6.07) is 0. The van der Waals surface area contributed by atoms with Crippen molar-refractivity contribution in [1.82, 2.24) is 0 Å². The Morgan fingerprint density at radius 1 is 1.00 bits per heavy atom. The summed E-state index contributed by atoms with van der Waals surface area (Å²) >= 11 is 0. The molecule has 0 bridgehead atoms. The molecule has 0 unspecified atom stereocenters. The quantitative estimate of drug-likeness (QED) is 0.754. The molecule has 0 aromatic rings. The zero-order valence-electron chi connectivity index (χ0n) is 16.4. The molecule has 3 nitrogen and oxygen atoms in total. The third-order valence-corrected chi connectivity index (χ3v) is 9.76. The van der Waals surface area contributed by atoms with E-state index in [2.05, 4.69) is 20.8 Å². The van der Waals surface area contributed by atoms with Gasteiger partial charge in [0.25, 0.3) is 0 Å². The minimum absolute atomic E-state index is 0.0239. The Bertz CT molecular complexity index is 574. The molecule has 0 heterocycles. The van der Waals surface area contributed by atoms with Crippen molar-refractivity contribution in [2.24, 2.45) is 40.4 Å². The molecule has 0 aromatic heterocycles. The lowest BCUT2D eigenvalue weighted by atomic mass is 9.44. The molecule has 4 rings (SSSR count). The van der Waals surface area contributed by atoms with Crippen molar-refractivity contribution in [2.75, 3.05) is 0 Å². The average molecular weight is 349 g/mol. The Balaban J connectivity index is 1.67. The summed E-state index contributed by atoms with van der Waals surface area (Å²) in [4.78, 5) is 12.4. The van der Waals surface area contributed by atoms with E-state index in [9.17, 15) is 15.0 Å². The molecule has 0 saturated heterocycles. The van der Waals surface area contributed by atoms with Crippen molar-refractivity contribution in [3.8, 4) is 0 Å². The van der Waals surface area contributed by atoms with E-state index in [1.807, 2.05) is 0 Å². The summed E-state index contributed by atoms with van der Waals surface area (Å²) in [5.41, 5.74) is -1.04. The van der Waals surface area contributed by atoms with Gasteiger partial charge < -0.3 is 10.2 Å². The van der Waals surface area contributed by atoms with E-state index in [-0.39, 0.29) is 23.2 Å². The van der Waals surface area contributed by atoms with Crippen molar-refractivity contribution in [1.29, 1.82) is 0 Å². The lowest BCUT2D eigenvalue weighted by Gasteiger charge is -2.61. The normalized spacial score (nSPS) is 58.2. The number of aliphatic hydroxyl groups excluding tert-OH is 1. The van der Waals surface area contributed by atoms with Gasteiger partial charge in [-0.1, -0.05) is 20.8 Å². The van der Waals surface area contributed by atoms with Gasteiger partial charge in [-0.3, -0.25) is 4.79 Å². The van der Waals surface area contributed by atoms with Crippen LogP contribution in [0.5, 0.6) is 0 Å². The van der Waals surface area contributed by atoms with Crippen molar-refractivity contribution < 1.29 is 15.0 Å². The van der Waals surface area contributed by atoms with Crippen molar-refractivity contribution >= 4 is 5.78 Å². The van der Waals surface area contributed by atoms with Gasteiger partial charge in [-0.15, -0.1) is 0 Å². The summed E-state index contributed by atoms with van der Waals surface area (Å²) in [5.74, 6) is 2.53. The van der Waals surface area contributed by atoms with Crippen LogP contribution in [0.25, 0.3) is 0 Å². The molecule has 4 fully saturated rings. The minimum Gasteiger partial charge on any atom is -0.393 e. The number of hydrogen-bond donors (Lipinski definition) is 2. The molecular formula is C22H36O3. The van der Waals surface area contributed by atoms with E-state index in [0.29, 0.717) is 29.1 Å². The standard InChI is InChI=1S/C22H36O3/c1-13-11-19-17-6-5-15-12-16(24)7-9-20(15,3)18(17)8-10-21(19,4)22(13,25)14(2)23/h13,15-19,24-25H,5-12H2,1-4H3/t13-,15-,16-,17+,18-,19-,20-,21-,22-/m0/s1. The van der Waals surface area contributed by atoms with Crippen molar-refractivity contribution in [3.63, 3.8) is 0 Å². The van der Waals surface area contributed by atoms with E-state index in [4.69, 9.17) is 0 Å². The van der Waals surface area contributed by atoms with Crippen molar-refractivity contribution in [3.05, 3.63) is 0 Å².